The molecule has 36 heavy (non-hydrogen) atoms. The third-order valence-corrected chi connectivity index (χ3v) is 7.85. The number of amides is 1. The molecule has 9 heteroatoms. The van der Waals surface area contributed by atoms with Crippen LogP contribution >= 0.6 is 0 Å². The van der Waals surface area contributed by atoms with Crippen LogP contribution in [-0.2, 0) is 4.79 Å². The summed E-state index contributed by atoms with van der Waals surface area (Å²) in [4.78, 5) is 38.9. The van der Waals surface area contributed by atoms with Crippen molar-refractivity contribution in [3.05, 3.63) is 28.3 Å². The monoisotopic (exact) mass is 498 g/mol. The van der Waals surface area contributed by atoms with E-state index < -0.39 is 0 Å². The van der Waals surface area contributed by atoms with E-state index in [0.717, 1.165) is 75.5 Å². The maximum atomic E-state index is 13.6. The summed E-state index contributed by atoms with van der Waals surface area (Å²) in [6.07, 6.45) is 10.6. The van der Waals surface area contributed by atoms with Crippen molar-refractivity contribution in [2.45, 2.75) is 89.3 Å². The van der Waals surface area contributed by atoms with E-state index >= 15 is 0 Å². The third kappa shape index (κ3) is 6.06. The number of piperidine rings is 1. The Morgan fingerprint density at radius 1 is 1.19 bits per heavy atom. The number of carbonyl (C=O) groups is 1. The highest BCUT2D eigenvalue weighted by Gasteiger charge is 2.28. The van der Waals surface area contributed by atoms with Gasteiger partial charge in [-0.3, -0.25) is 14.5 Å². The summed E-state index contributed by atoms with van der Waals surface area (Å²) in [6, 6.07) is 0.341. The number of nitrogens with one attached hydrogen (secondary N) is 1. The lowest BCUT2D eigenvalue weighted by atomic mass is 9.82. The average Bonchev–Trinajstić information content (AvgIpc) is 2.85. The Kier molecular flexibility index (Phi) is 8.62. The van der Waals surface area contributed by atoms with Crippen molar-refractivity contribution in [2.75, 3.05) is 39.0 Å². The van der Waals surface area contributed by atoms with Gasteiger partial charge in [0.1, 0.15) is 0 Å². The molecule has 1 atom stereocenters. The van der Waals surface area contributed by atoms with Gasteiger partial charge in [-0.15, -0.1) is 0 Å². The van der Waals surface area contributed by atoms with Gasteiger partial charge in [0.15, 0.2) is 0 Å². The molecule has 1 amide bonds. The van der Waals surface area contributed by atoms with Crippen LogP contribution in [0, 0.1) is 0 Å². The fourth-order valence-electron chi connectivity index (χ4n) is 5.61. The number of anilines is 1. The first kappa shape index (κ1) is 26.5. The van der Waals surface area contributed by atoms with Crippen molar-refractivity contribution >= 4 is 22.8 Å². The summed E-state index contributed by atoms with van der Waals surface area (Å²) in [7, 11) is 3.56. The van der Waals surface area contributed by atoms with Crippen LogP contribution in [0.2, 0.25) is 0 Å². The minimum Gasteiger partial charge on any atom is -0.393 e. The lowest BCUT2D eigenvalue weighted by Crippen LogP contribution is -2.42. The quantitative estimate of drug-likeness (QED) is 0.576. The lowest BCUT2D eigenvalue weighted by Gasteiger charge is -2.34. The number of carbonyl (C=O) groups excluding carboxylic acids is 1. The number of aliphatic hydroxyl groups excluding tert-OH is 1. The van der Waals surface area contributed by atoms with E-state index in [9.17, 15) is 14.7 Å². The van der Waals surface area contributed by atoms with E-state index in [1.165, 1.54) is 0 Å². The van der Waals surface area contributed by atoms with Crippen LogP contribution in [0.3, 0.4) is 0 Å². The smallest absolute Gasteiger partial charge is 0.261 e. The molecule has 2 fully saturated rings. The van der Waals surface area contributed by atoms with Crippen molar-refractivity contribution in [1.29, 1.82) is 0 Å². The Bertz CT molecular complexity index is 1100. The van der Waals surface area contributed by atoms with Crippen LogP contribution < -0.4 is 10.9 Å². The summed E-state index contributed by atoms with van der Waals surface area (Å²) in [5.74, 6) is 0.931. The summed E-state index contributed by atoms with van der Waals surface area (Å²) >= 11 is 0. The number of fused-ring (bicyclic) bond motifs is 1. The minimum absolute atomic E-state index is 0.0411. The van der Waals surface area contributed by atoms with Crippen molar-refractivity contribution in [3.63, 3.8) is 0 Å². The molecule has 1 aliphatic carbocycles. The van der Waals surface area contributed by atoms with E-state index in [0.29, 0.717) is 17.9 Å². The number of hydrogen-bond acceptors (Lipinski definition) is 7. The van der Waals surface area contributed by atoms with Crippen LogP contribution in [0.4, 0.5) is 5.95 Å². The molecule has 2 aromatic heterocycles. The van der Waals surface area contributed by atoms with Gasteiger partial charge in [0.2, 0.25) is 11.9 Å². The summed E-state index contributed by atoms with van der Waals surface area (Å²) in [6.45, 7) is 6.27. The molecule has 0 aromatic carbocycles. The molecule has 2 N–H and O–H groups in total. The number of aromatic nitrogens is 3. The van der Waals surface area contributed by atoms with Crippen molar-refractivity contribution in [1.82, 2.24) is 24.3 Å². The van der Waals surface area contributed by atoms with Gasteiger partial charge >= 0.3 is 0 Å². The zero-order valence-electron chi connectivity index (χ0n) is 22.2. The Morgan fingerprint density at radius 2 is 1.89 bits per heavy atom. The molecule has 1 unspecified atom stereocenters. The molecular weight excluding hydrogens is 456 g/mol. The van der Waals surface area contributed by atoms with Gasteiger partial charge in [-0.1, -0.05) is 13.3 Å². The van der Waals surface area contributed by atoms with Gasteiger partial charge < -0.3 is 19.9 Å². The first-order chi connectivity index (χ1) is 17.3. The SMILES string of the molecule is CCCC(C)Nc1ncc2c(=O)n(C3CCN(CC(=O)N(C)C)CC3)cc([C@H]3CC[C@@H](O)CC3)c2n1. The van der Waals surface area contributed by atoms with Crippen LogP contribution in [0.1, 0.15) is 82.7 Å². The minimum atomic E-state index is -0.241. The number of rotatable bonds is 8. The predicted octanol–water partition coefficient (Wildman–Crippen LogP) is 3.14. The fraction of sp³-hybridized carbons (Fsp3) is 0.704. The maximum Gasteiger partial charge on any atom is 0.261 e. The van der Waals surface area contributed by atoms with Gasteiger partial charge in [0, 0.05) is 51.7 Å². The Balaban J connectivity index is 1.64. The molecule has 9 nitrogen and oxygen atoms in total. The number of nitrogens with zero attached hydrogens (tertiary/aromatic N) is 5. The Morgan fingerprint density at radius 3 is 2.53 bits per heavy atom. The predicted molar refractivity (Wildman–Crippen MR) is 142 cm³/mol. The second-order valence-electron chi connectivity index (χ2n) is 10.9. The van der Waals surface area contributed by atoms with E-state index in [4.69, 9.17) is 4.98 Å². The van der Waals surface area contributed by atoms with Crippen LogP contribution in [-0.4, -0.2) is 81.2 Å². The summed E-state index contributed by atoms with van der Waals surface area (Å²) in [5.41, 5.74) is 1.80. The number of likely N-dealkylation sites (tertiary alicyclic amines) is 1. The molecule has 2 aromatic rings. The first-order valence-electron chi connectivity index (χ1n) is 13.6. The highest BCUT2D eigenvalue weighted by Crippen LogP contribution is 2.36. The highest BCUT2D eigenvalue weighted by molar-refractivity contribution is 5.81. The van der Waals surface area contributed by atoms with Crippen molar-refractivity contribution in [3.8, 4) is 0 Å². The Hall–Kier alpha value is -2.52. The van der Waals surface area contributed by atoms with Gasteiger partial charge in [0.05, 0.1) is 23.6 Å². The largest absolute Gasteiger partial charge is 0.393 e. The second-order valence-corrected chi connectivity index (χ2v) is 10.9. The van der Waals surface area contributed by atoms with Gasteiger partial charge in [0.25, 0.3) is 5.56 Å². The molecule has 0 bridgehead atoms. The molecule has 1 saturated carbocycles. The zero-order valence-corrected chi connectivity index (χ0v) is 22.2. The molecule has 198 valence electrons. The van der Waals surface area contributed by atoms with E-state index in [1.807, 2.05) is 10.8 Å². The van der Waals surface area contributed by atoms with Crippen LogP contribution in [0.25, 0.3) is 10.9 Å². The topological polar surface area (TPSA) is 104 Å². The second kappa shape index (κ2) is 11.7. The van der Waals surface area contributed by atoms with Gasteiger partial charge in [-0.2, -0.15) is 0 Å². The highest BCUT2D eigenvalue weighted by atomic mass is 16.3. The molecule has 2 aliphatic rings. The zero-order chi connectivity index (χ0) is 25.8. The molecule has 3 heterocycles. The summed E-state index contributed by atoms with van der Waals surface area (Å²) < 4.78 is 1.91. The van der Waals surface area contributed by atoms with E-state index in [1.54, 1.807) is 25.2 Å². The number of hydrogen-bond donors (Lipinski definition) is 2. The molecule has 0 radical (unpaired) electrons. The lowest BCUT2D eigenvalue weighted by molar-refractivity contribution is -0.130. The molecule has 0 spiro atoms. The van der Waals surface area contributed by atoms with Crippen molar-refractivity contribution in [2.24, 2.45) is 0 Å². The Labute approximate surface area is 213 Å². The van der Waals surface area contributed by atoms with Crippen LogP contribution in [0.5, 0.6) is 0 Å². The number of pyridine rings is 1. The first-order valence-corrected chi connectivity index (χ1v) is 13.6. The standard InChI is InChI=1S/C27H42N6O3/c1-5-6-18(2)29-27-28-15-22-25(30-27)23(19-7-9-21(34)10-8-19)16-33(26(22)36)20-11-13-32(14-12-20)17-24(35)31(3)4/h15-16,18-21,34H,5-14,17H2,1-4H3,(H,28,29,30)/t18?,19-,21+. The number of likely N-dealkylation sites (N-methyl/N-ethyl adjacent to an activating group) is 1. The van der Waals surface area contributed by atoms with Crippen molar-refractivity contribution < 1.29 is 9.90 Å². The average molecular weight is 499 g/mol. The van der Waals surface area contributed by atoms with Gasteiger partial charge in [-0.05, 0) is 63.4 Å². The van der Waals surface area contributed by atoms with Gasteiger partial charge in [-0.25, -0.2) is 9.97 Å². The molecule has 1 saturated heterocycles. The molecule has 1 aliphatic heterocycles. The fourth-order valence-corrected chi connectivity index (χ4v) is 5.61. The van der Waals surface area contributed by atoms with E-state index in [-0.39, 0.29) is 35.6 Å². The third-order valence-electron chi connectivity index (χ3n) is 7.85. The van der Waals surface area contributed by atoms with E-state index in [2.05, 4.69) is 29.0 Å². The number of aliphatic hydroxyl groups is 1. The maximum absolute atomic E-state index is 13.6. The van der Waals surface area contributed by atoms with Crippen LogP contribution in [0.15, 0.2) is 17.2 Å². The normalized spacial score (nSPS) is 22.5. The summed E-state index contributed by atoms with van der Waals surface area (Å²) in [5, 5.41) is 14.0. The molecular formula is C27H42N6O3. The molecule has 4 rings (SSSR count).